The summed E-state index contributed by atoms with van der Waals surface area (Å²) in [6.07, 6.45) is 2.19. The van der Waals surface area contributed by atoms with Crippen LogP contribution in [-0.4, -0.2) is 16.3 Å². The molecule has 0 saturated heterocycles. The first-order valence-electron chi connectivity index (χ1n) is 4.02. The third-order valence-corrected chi connectivity index (χ3v) is 3.05. The van der Waals surface area contributed by atoms with Crippen molar-refractivity contribution in [1.82, 2.24) is 4.90 Å². The second-order valence-corrected chi connectivity index (χ2v) is 4.38. The van der Waals surface area contributed by atoms with Crippen molar-refractivity contribution in [1.29, 1.82) is 0 Å². The monoisotopic (exact) mass is 170 g/mol. The molecule has 0 saturated carbocycles. The lowest BCUT2D eigenvalue weighted by molar-refractivity contribution is 0.305. The van der Waals surface area contributed by atoms with Gasteiger partial charge in [0.1, 0.15) is 0 Å². The predicted molar refractivity (Wildman–Crippen MR) is 52.1 cm³/mol. The van der Waals surface area contributed by atoms with Gasteiger partial charge in [0, 0.05) is 18.2 Å². The van der Waals surface area contributed by atoms with E-state index in [9.17, 15) is 0 Å². The molecule has 2 heteroatoms. The normalized spacial score (nSPS) is 24.2. The largest absolute Gasteiger partial charge is 0.362 e. The van der Waals surface area contributed by atoms with Crippen LogP contribution in [0.2, 0.25) is 0 Å². The Morgan fingerprint density at radius 2 is 2.09 bits per heavy atom. The molecule has 1 atom stereocenters. The quantitative estimate of drug-likeness (QED) is 0.627. The summed E-state index contributed by atoms with van der Waals surface area (Å²) in [7, 11) is 0. The van der Waals surface area contributed by atoms with Crippen molar-refractivity contribution in [3.05, 3.63) is 17.5 Å². The van der Waals surface area contributed by atoms with E-state index in [4.69, 9.17) is 0 Å². The average molecular weight is 170 g/mol. The van der Waals surface area contributed by atoms with Crippen LogP contribution in [-0.2, 0) is 0 Å². The van der Waals surface area contributed by atoms with Gasteiger partial charge in [0.25, 0.3) is 0 Å². The van der Waals surface area contributed by atoms with Gasteiger partial charge in [-0.2, -0.15) is 0 Å². The highest BCUT2D eigenvalue weighted by Crippen LogP contribution is 2.32. The van der Waals surface area contributed by atoms with Gasteiger partial charge in [0.15, 0.2) is 0 Å². The van der Waals surface area contributed by atoms with Gasteiger partial charge in [-0.25, -0.2) is 0 Å². The molecule has 1 rings (SSSR count). The van der Waals surface area contributed by atoms with Crippen LogP contribution in [0.5, 0.6) is 0 Å². The zero-order chi connectivity index (χ0) is 8.43. The Labute approximate surface area is 73.8 Å². The summed E-state index contributed by atoms with van der Waals surface area (Å²) in [5.74, 6) is 1.48. The summed E-state index contributed by atoms with van der Waals surface area (Å²) in [5, 5.41) is 2.76. The summed E-state index contributed by atoms with van der Waals surface area (Å²) >= 11 is 1.90. The van der Waals surface area contributed by atoms with Crippen LogP contribution in [0.1, 0.15) is 27.7 Å². The molecule has 0 aromatic heterocycles. The van der Waals surface area contributed by atoms with Crippen LogP contribution in [0.15, 0.2) is 11.6 Å². The Morgan fingerprint density at radius 3 is 2.45 bits per heavy atom. The molecule has 1 nitrogen and oxygen atoms in total. The first-order valence-corrected chi connectivity index (χ1v) is 4.97. The predicted octanol–water partition coefficient (Wildman–Crippen LogP) is 2.86. The molecular weight excluding hydrogens is 154 g/mol. The second kappa shape index (κ2) is 3.53. The number of rotatable bonds is 2. The molecule has 0 amide bonds. The van der Waals surface area contributed by atoms with E-state index in [2.05, 4.69) is 44.2 Å². The van der Waals surface area contributed by atoms with Crippen LogP contribution in [0, 0.1) is 5.92 Å². The maximum Gasteiger partial charge on any atom is 0.0845 e. The molecule has 0 aliphatic carbocycles. The highest BCUT2D eigenvalue weighted by molar-refractivity contribution is 8.03. The molecule has 11 heavy (non-hydrogen) atoms. The third kappa shape index (κ3) is 1.92. The Kier molecular flexibility index (Phi) is 2.88. The second-order valence-electron chi connectivity index (χ2n) is 3.39. The van der Waals surface area contributed by atoms with Crippen molar-refractivity contribution in [2.24, 2.45) is 0 Å². The molecule has 0 N–H and O–H groups in total. The smallest absolute Gasteiger partial charge is 0.0845 e. The van der Waals surface area contributed by atoms with Crippen molar-refractivity contribution >= 4 is 11.8 Å². The van der Waals surface area contributed by atoms with Crippen molar-refractivity contribution in [2.75, 3.05) is 0 Å². The molecule has 1 aliphatic rings. The lowest BCUT2D eigenvalue weighted by atomic mass is 10.2. The maximum atomic E-state index is 2.39. The van der Waals surface area contributed by atoms with Crippen molar-refractivity contribution in [3.8, 4) is 0 Å². The van der Waals surface area contributed by atoms with E-state index in [1.807, 2.05) is 11.8 Å². The molecule has 1 aliphatic heterocycles. The van der Waals surface area contributed by atoms with Gasteiger partial charge in [-0.3, -0.25) is 0 Å². The number of hydrogen-bond donors (Lipinski definition) is 0. The number of nitrogens with zero attached hydrogens (tertiary/aromatic N) is 1. The van der Waals surface area contributed by atoms with Crippen LogP contribution in [0.4, 0.5) is 0 Å². The van der Waals surface area contributed by atoms with Gasteiger partial charge in [-0.05, 0) is 19.3 Å². The van der Waals surface area contributed by atoms with Crippen LogP contribution >= 0.6 is 11.8 Å². The zero-order valence-electron chi connectivity index (χ0n) is 7.66. The Morgan fingerprint density at radius 1 is 1.45 bits per heavy atom. The number of hydrogen-bond acceptors (Lipinski definition) is 2. The number of thioether (sulfide) groups is 1. The fourth-order valence-electron chi connectivity index (χ4n) is 1.21. The highest BCUT2D eigenvalue weighted by Gasteiger charge is 2.24. The summed E-state index contributed by atoms with van der Waals surface area (Å²) in [6.45, 7) is 8.85. The zero-order valence-corrected chi connectivity index (χ0v) is 8.48. The summed E-state index contributed by atoms with van der Waals surface area (Å²) in [4.78, 5) is 2.39. The van der Waals surface area contributed by atoms with Gasteiger partial charge in [-0.15, -0.1) is 11.8 Å². The Bertz CT molecular complexity index is 152. The lowest BCUT2D eigenvalue weighted by Crippen LogP contribution is -2.33. The average Bonchev–Trinajstić information content (AvgIpc) is 2.32. The Hall–Kier alpha value is -0.110. The lowest BCUT2D eigenvalue weighted by Gasteiger charge is -2.30. The molecule has 1 heterocycles. The molecule has 0 fully saturated rings. The van der Waals surface area contributed by atoms with Crippen LogP contribution in [0.25, 0.3) is 0 Å². The topological polar surface area (TPSA) is 3.24 Å². The van der Waals surface area contributed by atoms with E-state index in [0.717, 1.165) is 0 Å². The van der Waals surface area contributed by atoms with Gasteiger partial charge in [0.05, 0.1) is 5.37 Å². The minimum absolute atomic E-state index is 0.579. The third-order valence-electron chi connectivity index (χ3n) is 1.80. The molecule has 1 radical (unpaired) electrons. The maximum absolute atomic E-state index is 2.39. The molecule has 0 aromatic carbocycles. The molecule has 63 valence electrons. The summed E-state index contributed by atoms with van der Waals surface area (Å²) in [5.41, 5.74) is 0. The van der Waals surface area contributed by atoms with E-state index >= 15 is 0 Å². The molecular formula is C9H16NS. The minimum Gasteiger partial charge on any atom is -0.362 e. The molecule has 0 bridgehead atoms. The van der Waals surface area contributed by atoms with E-state index in [-0.39, 0.29) is 0 Å². The Balaban J connectivity index is 2.56. The van der Waals surface area contributed by atoms with Crippen molar-refractivity contribution < 1.29 is 0 Å². The first kappa shape index (κ1) is 8.98. The standard InChI is InChI=1S/C9H16NS/c1-7(2)9-10(8(3)4)5-6-11-9/h5-6,8-9H,1-4H3. The van der Waals surface area contributed by atoms with Gasteiger partial charge in [0.2, 0.25) is 0 Å². The molecule has 1 unspecified atom stereocenters. The van der Waals surface area contributed by atoms with E-state index in [1.54, 1.807) is 0 Å². The van der Waals surface area contributed by atoms with E-state index in [1.165, 1.54) is 5.92 Å². The van der Waals surface area contributed by atoms with E-state index < -0.39 is 0 Å². The van der Waals surface area contributed by atoms with Crippen LogP contribution in [0.3, 0.4) is 0 Å². The SMILES string of the molecule is C[C](C)C1SC=CN1C(C)C. The van der Waals surface area contributed by atoms with Gasteiger partial charge < -0.3 is 4.90 Å². The van der Waals surface area contributed by atoms with Gasteiger partial charge in [-0.1, -0.05) is 13.8 Å². The van der Waals surface area contributed by atoms with Crippen molar-refractivity contribution in [3.63, 3.8) is 0 Å². The fourth-order valence-corrected chi connectivity index (χ4v) is 2.29. The van der Waals surface area contributed by atoms with Crippen LogP contribution < -0.4 is 0 Å². The highest BCUT2D eigenvalue weighted by atomic mass is 32.2. The molecule has 0 spiro atoms. The molecule has 0 aromatic rings. The fraction of sp³-hybridized carbons (Fsp3) is 0.667. The van der Waals surface area contributed by atoms with E-state index in [0.29, 0.717) is 11.4 Å². The van der Waals surface area contributed by atoms with Gasteiger partial charge >= 0.3 is 0 Å². The first-order chi connectivity index (χ1) is 5.13. The minimum atomic E-state index is 0.579. The van der Waals surface area contributed by atoms with Crippen molar-refractivity contribution in [2.45, 2.75) is 39.1 Å². The summed E-state index contributed by atoms with van der Waals surface area (Å²) in [6, 6.07) is 0.612. The summed E-state index contributed by atoms with van der Waals surface area (Å²) < 4.78 is 0.